The Morgan fingerprint density at radius 1 is 1.12 bits per heavy atom. The van der Waals surface area contributed by atoms with Gasteiger partial charge in [-0.3, -0.25) is 14.4 Å². The first-order chi connectivity index (χ1) is 15.1. The number of thioether (sulfide) groups is 1. The lowest BCUT2D eigenvalue weighted by atomic mass is 10.2. The Balaban J connectivity index is 1.66. The molecule has 0 aromatic heterocycles. The average Bonchev–Trinajstić information content (AvgIpc) is 3.02. The number of anilines is 1. The minimum absolute atomic E-state index is 0.236. The zero-order valence-corrected chi connectivity index (χ0v) is 21.7. The number of hydrogen-bond donors (Lipinski definition) is 2. The molecule has 2 N–H and O–H groups in total. The molecule has 3 rings (SSSR count). The van der Waals surface area contributed by atoms with Crippen LogP contribution in [0.25, 0.3) is 6.08 Å². The Bertz CT molecular complexity index is 1160. The molecule has 2 aromatic carbocycles. The van der Waals surface area contributed by atoms with Gasteiger partial charge in [-0.1, -0.05) is 23.2 Å². The van der Waals surface area contributed by atoms with Crippen molar-refractivity contribution in [2.75, 3.05) is 11.9 Å². The molecule has 166 valence electrons. The number of nitrogens with zero attached hydrogens (tertiary/aromatic N) is 1. The summed E-state index contributed by atoms with van der Waals surface area (Å²) in [4.78, 5) is 39.5. The Kier molecular flexibility index (Phi) is 8.40. The van der Waals surface area contributed by atoms with E-state index in [1.807, 2.05) is 0 Å². The van der Waals surface area contributed by atoms with Crippen molar-refractivity contribution < 1.29 is 19.1 Å². The zero-order chi connectivity index (χ0) is 23.4. The van der Waals surface area contributed by atoms with E-state index in [1.54, 1.807) is 36.4 Å². The molecule has 0 unspecified atom stereocenters. The third kappa shape index (κ3) is 6.58. The standard InChI is InChI=1S/C20H13Br2Cl2N3O4S/c1-9(28)25-20-27-19(30)16(32-20)6-10-4-12(21)18(13(22)5-10)31-8-17(29)26-11-2-3-14(23)15(24)7-11/h2-7H,8H2,1H3,(H,26,29)(H,25,27,28,30)/b16-6+. The summed E-state index contributed by atoms with van der Waals surface area (Å²) < 4.78 is 6.77. The van der Waals surface area contributed by atoms with E-state index in [9.17, 15) is 14.4 Å². The number of amidine groups is 1. The summed E-state index contributed by atoms with van der Waals surface area (Å²) in [5.74, 6) is -0.716. The van der Waals surface area contributed by atoms with Crippen molar-refractivity contribution in [3.05, 3.63) is 59.8 Å². The number of rotatable bonds is 5. The van der Waals surface area contributed by atoms with E-state index < -0.39 is 5.91 Å². The summed E-state index contributed by atoms with van der Waals surface area (Å²) >= 11 is 19.7. The number of benzene rings is 2. The molecule has 7 nitrogen and oxygen atoms in total. The highest BCUT2D eigenvalue weighted by atomic mass is 79.9. The monoisotopic (exact) mass is 619 g/mol. The van der Waals surface area contributed by atoms with Gasteiger partial charge in [0.25, 0.3) is 11.8 Å². The predicted molar refractivity (Wildman–Crippen MR) is 134 cm³/mol. The van der Waals surface area contributed by atoms with Gasteiger partial charge in [-0.25, -0.2) is 0 Å². The molecule has 0 bridgehead atoms. The minimum Gasteiger partial charge on any atom is -0.481 e. The maximum Gasteiger partial charge on any atom is 0.286 e. The molecule has 32 heavy (non-hydrogen) atoms. The van der Waals surface area contributed by atoms with Gasteiger partial charge in [-0.15, -0.1) is 0 Å². The van der Waals surface area contributed by atoms with Crippen LogP contribution in [0.5, 0.6) is 5.75 Å². The summed E-state index contributed by atoms with van der Waals surface area (Å²) in [6.07, 6.45) is 1.64. The van der Waals surface area contributed by atoms with Gasteiger partial charge in [0, 0.05) is 12.6 Å². The number of aliphatic imine (C=N–C) groups is 1. The Morgan fingerprint density at radius 2 is 1.81 bits per heavy atom. The van der Waals surface area contributed by atoms with Crippen LogP contribution < -0.4 is 15.4 Å². The fraction of sp³-hybridized carbons (Fsp3) is 0.100. The van der Waals surface area contributed by atoms with Crippen molar-refractivity contribution in [3.63, 3.8) is 0 Å². The average molecular weight is 622 g/mol. The second kappa shape index (κ2) is 10.8. The molecule has 12 heteroatoms. The first kappa shape index (κ1) is 24.8. The van der Waals surface area contributed by atoms with Crippen LogP contribution in [0, 0.1) is 0 Å². The van der Waals surface area contributed by atoms with E-state index in [-0.39, 0.29) is 23.6 Å². The number of nitrogens with one attached hydrogen (secondary N) is 2. The summed E-state index contributed by atoms with van der Waals surface area (Å²) in [5.41, 5.74) is 1.18. The summed E-state index contributed by atoms with van der Waals surface area (Å²) in [6.45, 7) is 1.09. The third-order valence-corrected chi connectivity index (χ3v) is 6.59. The Hall–Kier alpha value is -1.85. The topological polar surface area (TPSA) is 96.9 Å². The first-order valence-electron chi connectivity index (χ1n) is 8.79. The summed E-state index contributed by atoms with van der Waals surface area (Å²) in [7, 11) is 0. The predicted octanol–water partition coefficient (Wildman–Crippen LogP) is 5.64. The lowest BCUT2D eigenvalue weighted by Gasteiger charge is -2.12. The quantitative estimate of drug-likeness (QED) is 0.421. The lowest BCUT2D eigenvalue weighted by molar-refractivity contribution is -0.118. The Labute approximate surface area is 214 Å². The van der Waals surface area contributed by atoms with Crippen LogP contribution in [0.1, 0.15) is 12.5 Å². The van der Waals surface area contributed by atoms with Crippen LogP contribution in [0.15, 0.2) is 49.2 Å². The zero-order valence-electron chi connectivity index (χ0n) is 16.2. The van der Waals surface area contributed by atoms with Crippen molar-refractivity contribution in [1.29, 1.82) is 0 Å². The second-order valence-electron chi connectivity index (χ2n) is 6.29. The van der Waals surface area contributed by atoms with Gasteiger partial charge in [-0.05, 0) is 85.6 Å². The van der Waals surface area contributed by atoms with Gasteiger partial charge >= 0.3 is 0 Å². The molecule has 0 saturated heterocycles. The molecule has 0 fully saturated rings. The van der Waals surface area contributed by atoms with E-state index in [1.165, 1.54) is 6.92 Å². The molecule has 0 spiro atoms. The number of hydrogen-bond acceptors (Lipinski definition) is 5. The van der Waals surface area contributed by atoms with Gasteiger partial charge < -0.3 is 15.4 Å². The molecule has 0 radical (unpaired) electrons. The van der Waals surface area contributed by atoms with Gasteiger partial charge in [0.1, 0.15) is 5.75 Å². The molecule has 0 atom stereocenters. The van der Waals surface area contributed by atoms with Crippen molar-refractivity contribution in [2.24, 2.45) is 4.99 Å². The van der Waals surface area contributed by atoms with E-state index in [4.69, 9.17) is 27.9 Å². The highest BCUT2D eigenvalue weighted by Gasteiger charge is 2.23. The summed E-state index contributed by atoms with van der Waals surface area (Å²) in [6, 6.07) is 8.21. The van der Waals surface area contributed by atoms with Crippen molar-refractivity contribution in [3.8, 4) is 5.75 Å². The molecule has 0 saturated carbocycles. The van der Waals surface area contributed by atoms with Crippen molar-refractivity contribution in [2.45, 2.75) is 6.92 Å². The van der Waals surface area contributed by atoms with Crippen LogP contribution in [0.2, 0.25) is 10.0 Å². The molecule has 1 aliphatic heterocycles. The van der Waals surface area contributed by atoms with Gasteiger partial charge in [0.05, 0.1) is 23.9 Å². The number of halogens is 4. The molecule has 2 aromatic rings. The SMILES string of the molecule is CC(=O)NC1=NC(=O)/C(=C\c2cc(Br)c(OCC(=O)Nc3ccc(Cl)c(Cl)c3)c(Br)c2)S1. The minimum atomic E-state index is -0.440. The maximum atomic E-state index is 12.2. The number of ether oxygens (including phenoxy) is 1. The van der Waals surface area contributed by atoms with E-state index >= 15 is 0 Å². The molecule has 1 aliphatic rings. The van der Waals surface area contributed by atoms with E-state index in [0.717, 1.165) is 11.8 Å². The molecular formula is C20H13Br2Cl2N3O4S. The lowest BCUT2D eigenvalue weighted by Crippen LogP contribution is -2.23. The van der Waals surface area contributed by atoms with Crippen molar-refractivity contribution in [1.82, 2.24) is 5.32 Å². The number of carbonyl (C=O) groups is 3. The third-order valence-electron chi connectivity index (χ3n) is 3.77. The second-order valence-corrected chi connectivity index (χ2v) is 9.85. The fourth-order valence-corrected chi connectivity index (χ4v) is 5.08. The van der Waals surface area contributed by atoms with Crippen LogP contribution >= 0.6 is 66.8 Å². The van der Waals surface area contributed by atoms with Crippen LogP contribution in [-0.2, 0) is 14.4 Å². The van der Waals surface area contributed by atoms with Gasteiger partial charge in [0.2, 0.25) is 5.91 Å². The smallest absolute Gasteiger partial charge is 0.286 e. The van der Waals surface area contributed by atoms with E-state index in [2.05, 4.69) is 47.5 Å². The maximum absolute atomic E-state index is 12.2. The van der Waals surface area contributed by atoms with Crippen LogP contribution in [0.3, 0.4) is 0 Å². The van der Waals surface area contributed by atoms with Gasteiger partial charge in [0.15, 0.2) is 11.8 Å². The molecule has 3 amide bonds. The van der Waals surface area contributed by atoms with Gasteiger partial charge in [-0.2, -0.15) is 4.99 Å². The van der Waals surface area contributed by atoms with Crippen molar-refractivity contribution >= 4 is 101 Å². The number of amides is 3. The molecule has 0 aliphatic carbocycles. The Morgan fingerprint density at radius 3 is 2.44 bits per heavy atom. The largest absolute Gasteiger partial charge is 0.481 e. The molecular weight excluding hydrogens is 609 g/mol. The molecule has 1 heterocycles. The highest BCUT2D eigenvalue weighted by molar-refractivity contribution is 9.11. The fourth-order valence-electron chi connectivity index (χ4n) is 2.47. The highest BCUT2D eigenvalue weighted by Crippen LogP contribution is 2.37. The summed E-state index contributed by atoms with van der Waals surface area (Å²) in [5, 5.41) is 6.12. The van der Waals surface area contributed by atoms with E-state index in [0.29, 0.717) is 40.9 Å². The van der Waals surface area contributed by atoms with Crippen LogP contribution in [-0.4, -0.2) is 29.5 Å². The van der Waals surface area contributed by atoms with Crippen LogP contribution in [0.4, 0.5) is 5.69 Å². The first-order valence-corrected chi connectivity index (χ1v) is 11.9. The number of carbonyl (C=O) groups excluding carboxylic acids is 3. The normalized spacial score (nSPS) is 14.3.